The lowest BCUT2D eigenvalue weighted by atomic mass is 10.2. The van der Waals surface area contributed by atoms with E-state index in [0.717, 1.165) is 10.6 Å². The molecule has 1 N–H and O–H groups in total. The smallest absolute Gasteiger partial charge is 0.236 e. The summed E-state index contributed by atoms with van der Waals surface area (Å²) in [5, 5.41) is 0. The summed E-state index contributed by atoms with van der Waals surface area (Å²) in [6, 6.07) is 3.82. The van der Waals surface area contributed by atoms with Crippen molar-refractivity contribution < 1.29 is 4.79 Å². The Balaban J connectivity index is 2.41. The van der Waals surface area contributed by atoms with Gasteiger partial charge in [0.05, 0.1) is 17.0 Å². The van der Waals surface area contributed by atoms with Crippen LogP contribution >= 0.6 is 11.9 Å². The van der Waals surface area contributed by atoms with Gasteiger partial charge in [-0.15, -0.1) is 0 Å². The van der Waals surface area contributed by atoms with Crippen molar-refractivity contribution in [3.8, 4) is 0 Å². The molecule has 2 heterocycles. The van der Waals surface area contributed by atoms with Crippen molar-refractivity contribution in [2.45, 2.75) is 11.3 Å². The molecule has 56 valence electrons. The molecule has 1 aliphatic heterocycles. The summed E-state index contributed by atoms with van der Waals surface area (Å²) in [4.78, 5) is 16.0. The van der Waals surface area contributed by atoms with Crippen LogP contribution in [-0.4, -0.2) is 10.9 Å². The Labute approximate surface area is 68.3 Å². The molecule has 0 radical (unpaired) electrons. The number of fused-ring (bicyclic) bond motifs is 1. The van der Waals surface area contributed by atoms with Crippen molar-refractivity contribution >= 4 is 17.9 Å². The van der Waals surface area contributed by atoms with Crippen LogP contribution in [0.15, 0.2) is 23.2 Å². The van der Waals surface area contributed by atoms with Crippen LogP contribution in [0.25, 0.3) is 0 Å². The van der Waals surface area contributed by atoms with E-state index in [1.54, 1.807) is 6.20 Å². The Hall–Kier alpha value is -1.03. The van der Waals surface area contributed by atoms with Crippen LogP contribution in [0.2, 0.25) is 0 Å². The van der Waals surface area contributed by atoms with Crippen molar-refractivity contribution in [1.29, 1.82) is 0 Å². The minimum atomic E-state index is 0.0289. The third kappa shape index (κ3) is 1.21. The Morgan fingerprint density at radius 1 is 1.64 bits per heavy atom. The minimum Gasteiger partial charge on any atom is -0.296 e. The van der Waals surface area contributed by atoms with Gasteiger partial charge in [-0.1, -0.05) is 0 Å². The summed E-state index contributed by atoms with van der Waals surface area (Å²) < 4.78 is 2.68. The van der Waals surface area contributed by atoms with E-state index >= 15 is 0 Å². The van der Waals surface area contributed by atoms with Gasteiger partial charge in [0.25, 0.3) is 0 Å². The Morgan fingerprint density at radius 2 is 2.55 bits per heavy atom. The lowest BCUT2D eigenvalue weighted by molar-refractivity contribution is -0.118. The zero-order chi connectivity index (χ0) is 7.68. The predicted octanol–water partition coefficient (Wildman–Crippen LogP) is 0.761. The van der Waals surface area contributed by atoms with E-state index in [4.69, 9.17) is 0 Å². The minimum absolute atomic E-state index is 0.0289. The standard InChI is InChI=1S/C7H6N2OS/c10-7-4-5-6(11-9-7)2-1-3-8-5/h1-3H,4H2,(H,9,10). The molecule has 1 amide bonds. The van der Waals surface area contributed by atoms with Gasteiger partial charge in [-0.25, -0.2) is 0 Å². The molecule has 1 aromatic heterocycles. The highest BCUT2D eigenvalue weighted by Gasteiger charge is 2.15. The number of amides is 1. The molecular weight excluding hydrogens is 160 g/mol. The van der Waals surface area contributed by atoms with Gasteiger partial charge < -0.3 is 0 Å². The Morgan fingerprint density at radius 3 is 3.45 bits per heavy atom. The lowest BCUT2D eigenvalue weighted by Gasteiger charge is -2.12. The molecule has 0 unspecified atom stereocenters. The van der Waals surface area contributed by atoms with E-state index in [-0.39, 0.29) is 5.91 Å². The zero-order valence-electron chi connectivity index (χ0n) is 5.70. The molecule has 11 heavy (non-hydrogen) atoms. The van der Waals surface area contributed by atoms with Gasteiger partial charge in [0.1, 0.15) is 0 Å². The zero-order valence-corrected chi connectivity index (χ0v) is 6.52. The first-order chi connectivity index (χ1) is 5.36. The highest BCUT2D eigenvalue weighted by atomic mass is 32.2. The maximum atomic E-state index is 10.9. The van der Waals surface area contributed by atoms with Crippen molar-refractivity contribution in [3.63, 3.8) is 0 Å². The molecule has 0 saturated carbocycles. The van der Waals surface area contributed by atoms with E-state index < -0.39 is 0 Å². The summed E-state index contributed by atoms with van der Waals surface area (Å²) >= 11 is 1.33. The second-order valence-corrected chi connectivity index (χ2v) is 3.10. The van der Waals surface area contributed by atoms with E-state index in [1.165, 1.54) is 11.9 Å². The number of carbonyl (C=O) groups excluding carboxylic acids is 1. The van der Waals surface area contributed by atoms with Crippen molar-refractivity contribution in [2.75, 3.05) is 0 Å². The van der Waals surface area contributed by atoms with Gasteiger partial charge in [0.2, 0.25) is 5.91 Å². The van der Waals surface area contributed by atoms with E-state index in [1.807, 2.05) is 12.1 Å². The quantitative estimate of drug-likeness (QED) is 0.578. The summed E-state index contributed by atoms with van der Waals surface area (Å²) in [7, 11) is 0. The molecular formula is C7H6N2OS. The monoisotopic (exact) mass is 166 g/mol. The molecule has 0 spiro atoms. The Bertz CT molecular complexity index is 300. The number of nitrogens with zero attached hydrogens (tertiary/aromatic N) is 1. The highest BCUT2D eigenvalue weighted by molar-refractivity contribution is 7.98. The molecule has 0 bridgehead atoms. The first kappa shape index (κ1) is 6.67. The predicted molar refractivity (Wildman–Crippen MR) is 41.9 cm³/mol. The van der Waals surface area contributed by atoms with Crippen LogP contribution in [0.1, 0.15) is 5.69 Å². The summed E-state index contributed by atoms with van der Waals surface area (Å²) in [6.07, 6.45) is 2.11. The van der Waals surface area contributed by atoms with Crippen LogP contribution in [0.3, 0.4) is 0 Å². The molecule has 4 heteroatoms. The van der Waals surface area contributed by atoms with Crippen molar-refractivity contribution in [3.05, 3.63) is 24.0 Å². The number of rotatable bonds is 0. The number of pyridine rings is 1. The summed E-state index contributed by atoms with van der Waals surface area (Å²) in [5.41, 5.74) is 0.876. The first-order valence-electron chi connectivity index (χ1n) is 3.26. The van der Waals surface area contributed by atoms with E-state index in [9.17, 15) is 4.79 Å². The molecule has 0 aliphatic carbocycles. The molecule has 3 nitrogen and oxygen atoms in total. The van der Waals surface area contributed by atoms with Gasteiger partial charge in [-0.05, 0) is 24.1 Å². The molecule has 1 aromatic rings. The van der Waals surface area contributed by atoms with Gasteiger partial charge in [0, 0.05) is 6.20 Å². The topological polar surface area (TPSA) is 42.0 Å². The Kier molecular flexibility index (Phi) is 1.54. The van der Waals surface area contributed by atoms with E-state index in [0.29, 0.717) is 6.42 Å². The summed E-state index contributed by atoms with van der Waals surface area (Å²) in [6.45, 7) is 0. The van der Waals surface area contributed by atoms with Crippen LogP contribution in [0.5, 0.6) is 0 Å². The van der Waals surface area contributed by atoms with Gasteiger partial charge in [-0.2, -0.15) is 0 Å². The molecule has 2 rings (SSSR count). The second-order valence-electron chi connectivity index (χ2n) is 2.25. The lowest BCUT2D eigenvalue weighted by Crippen LogP contribution is -2.23. The maximum absolute atomic E-state index is 10.9. The molecule has 0 atom stereocenters. The molecule has 1 aliphatic rings. The molecule has 0 fully saturated rings. The number of aromatic nitrogens is 1. The SMILES string of the molecule is O=C1Cc2ncccc2SN1. The van der Waals surface area contributed by atoms with Crippen LogP contribution in [0.4, 0.5) is 0 Å². The summed E-state index contributed by atoms with van der Waals surface area (Å²) in [5.74, 6) is 0.0289. The van der Waals surface area contributed by atoms with Crippen molar-refractivity contribution in [2.24, 2.45) is 0 Å². The normalized spacial score (nSPS) is 15.5. The van der Waals surface area contributed by atoms with Gasteiger partial charge >= 0.3 is 0 Å². The van der Waals surface area contributed by atoms with E-state index in [2.05, 4.69) is 9.71 Å². The number of hydrogen-bond acceptors (Lipinski definition) is 3. The third-order valence-electron chi connectivity index (χ3n) is 1.45. The fraction of sp³-hybridized carbons (Fsp3) is 0.143. The third-order valence-corrected chi connectivity index (χ3v) is 2.37. The molecule has 0 aromatic carbocycles. The number of carbonyl (C=O) groups is 1. The van der Waals surface area contributed by atoms with Crippen LogP contribution in [-0.2, 0) is 11.2 Å². The molecule has 0 saturated heterocycles. The van der Waals surface area contributed by atoms with Crippen LogP contribution < -0.4 is 4.72 Å². The fourth-order valence-corrected chi connectivity index (χ4v) is 1.63. The largest absolute Gasteiger partial charge is 0.296 e. The number of hydrogen-bond donors (Lipinski definition) is 1. The highest BCUT2D eigenvalue weighted by Crippen LogP contribution is 2.22. The van der Waals surface area contributed by atoms with Crippen LogP contribution in [0, 0.1) is 0 Å². The maximum Gasteiger partial charge on any atom is 0.236 e. The van der Waals surface area contributed by atoms with Gasteiger partial charge in [-0.3, -0.25) is 14.5 Å². The van der Waals surface area contributed by atoms with Crippen molar-refractivity contribution in [1.82, 2.24) is 9.71 Å². The number of nitrogens with one attached hydrogen (secondary N) is 1. The average molecular weight is 166 g/mol. The van der Waals surface area contributed by atoms with Gasteiger partial charge in [0.15, 0.2) is 0 Å². The average Bonchev–Trinajstić information content (AvgIpc) is 2.04. The fourth-order valence-electron chi connectivity index (χ4n) is 0.949. The second kappa shape index (κ2) is 2.54. The first-order valence-corrected chi connectivity index (χ1v) is 4.07.